The van der Waals surface area contributed by atoms with Crippen LogP contribution >= 0.6 is 0 Å². The minimum Gasteiger partial charge on any atom is -0.491 e. The molecule has 3 rings (SSSR count). The highest BCUT2D eigenvalue weighted by atomic mass is 16.6. The minimum atomic E-state index is -0.271. The van der Waals surface area contributed by atoms with Crippen LogP contribution in [0.3, 0.4) is 0 Å². The minimum absolute atomic E-state index is 0.102. The average Bonchev–Trinajstić information content (AvgIpc) is 3.04. The number of ether oxygens (including phenoxy) is 1. The quantitative estimate of drug-likeness (QED) is 0.773. The maximum atomic E-state index is 12.2. The lowest BCUT2D eigenvalue weighted by atomic mass is 10.1. The molecule has 0 atom stereocenters. The van der Waals surface area contributed by atoms with E-state index in [0.29, 0.717) is 11.3 Å². The molecule has 122 valence electrons. The zero-order valence-corrected chi connectivity index (χ0v) is 13.4. The molecule has 6 heteroatoms. The predicted octanol–water partition coefficient (Wildman–Crippen LogP) is 3.78. The molecule has 0 bridgehead atoms. The molecule has 0 aliphatic carbocycles. The number of nitrogens with one attached hydrogen (secondary N) is 1. The topological polar surface area (TPSA) is 77.2 Å². The molecule has 0 saturated carbocycles. The van der Waals surface area contributed by atoms with Crippen molar-refractivity contribution >= 4 is 11.7 Å². The summed E-state index contributed by atoms with van der Waals surface area (Å²) in [6.45, 7) is 3.93. The first-order valence-corrected chi connectivity index (χ1v) is 7.59. The average molecular weight is 323 g/mol. The number of hydrogen-bond acceptors (Lipinski definition) is 5. The Hall–Kier alpha value is -3.15. The fourth-order valence-corrected chi connectivity index (χ4v) is 2.19. The van der Waals surface area contributed by atoms with Crippen LogP contribution in [0.25, 0.3) is 11.3 Å². The number of rotatable bonds is 5. The van der Waals surface area contributed by atoms with Gasteiger partial charge in [-0.3, -0.25) is 4.79 Å². The molecule has 1 N–H and O–H groups in total. The maximum absolute atomic E-state index is 12.2. The van der Waals surface area contributed by atoms with Gasteiger partial charge in [-0.1, -0.05) is 18.2 Å². The molecular weight excluding hydrogens is 306 g/mol. The fourth-order valence-electron chi connectivity index (χ4n) is 2.19. The Labute approximate surface area is 139 Å². The lowest BCUT2D eigenvalue weighted by Gasteiger charge is -2.09. The summed E-state index contributed by atoms with van der Waals surface area (Å²) in [5.74, 6) is 0.772. The number of amides is 1. The van der Waals surface area contributed by atoms with Crippen LogP contribution in [0, 0.1) is 0 Å². The van der Waals surface area contributed by atoms with Crippen molar-refractivity contribution in [1.29, 1.82) is 0 Å². The number of aromatic nitrogens is 2. The Kier molecular flexibility index (Phi) is 4.56. The van der Waals surface area contributed by atoms with Gasteiger partial charge in [0, 0.05) is 11.1 Å². The highest BCUT2D eigenvalue weighted by molar-refractivity contribution is 6.05. The van der Waals surface area contributed by atoms with Crippen molar-refractivity contribution in [3.05, 3.63) is 60.2 Å². The number of anilines is 1. The van der Waals surface area contributed by atoms with Crippen LogP contribution in [0.4, 0.5) is 5.82 Å². The summed E-state index contributed by atoms with van der Waals surface area (Å²) in [5, 5.41) is 10.4. The molecule has 0 aliphatic rings. The van der Waals surface area contributed by atoms with E-state index in [2.05, 4.69) is 15.6 Å². The van der Waals surface area contributed by atoms with Crippen LogP contribution in [-0.4, -0.2) is 22.3 Å². The lowest BCUT2D eigenvalue weighted by molar-refractivity contribution is 0.102. The first-order chi connectivity index (χ1) is 11.6. The molecule has 1 heterocycles. The Morgan fingerprint density at radius 3 is 2.42 bits per heavy atom. The van der Waals surface area contributed by atoms with E-state index in [4.69, 9.17) is 9.37 Å². The molecular formula is C18H17N3O3. The van der Waals surface area contributed by atoms with Gasteiger partial charge in [0.25, 0.3) is 5.91 Å². The summed E-state index contributed by atoms with van der Waals surface area (Å²) >= 11 is 0. The molecule has 3 aromatic rings. The summed E-state index contributed by atoms with van der Waals surface area (Å²) < 4.78 is 10.4. The highest BCUT2D eigenvalue weighted by Gasteiger charge is 2.16. The van der Waals surface area contributed by atoms with E-state index >= 15 is 0 Å². The Bertz CT molecular complexity index is 811. The lowest BCUT2D eigenvalue weighted by Crippen LogP contribution is -2.12. The van der Waals surface area contributed by atoms with E-state index < -0.39 is 0 Å². The van der Waals surface area contributed by atoms with Crippen LogP contribution < -0.4 is 10.1 Å². The van der Waals surface area contributed by atoms with Gasteiger partial charge in [-0.05, 0) is 60.6 Å². The normalized spacial score (nSPS) is 10.6. The molecule has 1 aromatic heterocycles. The number of carbonyl (C=O) groups excluding carboxylic acids is 1. The predicted molar refractivity (Wildman–Crippen MR) is 89.9 cm³/mol. The Morgan fingerprint density at radius 1 is 1.04 bits per heavy atom. The zero-order valence-electron chi connectivity index (χ0n) is 13.4. The van der Waals surface area contributed by atoms with Gasteiger partial charge in [0.2, 0.25) is 5.82 Å². The molecule has 6 nitrogen and oxygen atoms in total. The molecule has 0 saturated heterocycles. The first kappa shape index (κ1) is 15.7. The number of carbonyl (C=O) groups is 1. The van der Waals surface area contributed by atoms with Crippen molar-refractivity contribution in [3.63, 3.8) is 0 Å². The summed E-state index contributed by atoms with van der Waals surface area (Å²) in [6.07, 6.45) is 0.102. The number of hydrogen-bond donors (Lipinski definition) is 1. The Morgan fingerprint density at radius 2 is 1.75 bits per heavy atom. The van der Waals surface area contributed by atoms with Gasteiger partial charge in [-0.15, -0.1) is 0 Å². The molecule has 0 aliphatic heterocycles. The smallest absolute Gasteiger partial charge is 0.256 e. The van der Waals surface area contributed by atoms with Gasteiger partial charge in [0.05, 0.1) is 6.10 Å². The van der Waals surface area contributed by atoms with Crippen molar-refractivity contribution in [2.75, 3.05) is 5.32 Å². The zero-order chi connectivity index (χ0) is 16.9. The first-order valence-electron chi connectivity index (χ1n) is 7.59. The van der Waals surface area contributed by atoms with Gasteiger partial charge in [-0.25, -0.2) is 4.63 Å². The number of benzene rings is 2. The van der Waals surface area contributed by atoms with Crippen LogP contribution in [0.5, 0.6) is 5.75 Å². The van der Waals surface area contributed by atoms with Gasteiger partial charge in [0.15, 0.2) is 5.69 Å². The number of nitrogens with zero attached hydrogens (tertiary/aromatic N) is 2. The third kappa shape index (κ3) is 3.60. The van der Waals surface area contributed by atoms with E-state index in [0.717, 1.165) is 11.3 Å². The van der Waals surface area contributed by atoms with E-state index in [9.17, 15) is 4.79 Å². The van der Waals surface area contributed by atoms with Gasteiger partial charge < -0.3 is 10.1 Å². The van der Waals surface area contributed by atoms with Crippen molar-refractivity contribution in [1.82, 2.24) is 10.3 Å². The molecule has 0 fully saturated rings. The van der Waals surface area contributed by atoms with E-state index in [1.807, 2.05) is 44.2 Å². The molecule has 1 amide bonds. The van der Waals surface area contributed by atoms with Gasteiger partial charge >= 0.3 is 0 Å². The van der Waals surface area contributed by atoms with E-state index in [1.54, 1.807) is 24.3 Å². The molecule has 0 spiro atoms. The van der Waals surface area contributed by atoms with E-state index in [-0.39, 0.29) is 17.8 Å². The molecule has 0 radical (unpaired) electrons. The van der Waals surface area contributed by atoms with Gasteiger partial charge in [0.1, 0.15) is 5.75 Å². The van der Waals surface area contributed by atoms with Crippen molar-refractivity contribution in [2.45, 2.75) is 20.0 Å². The van der Waals surface area contributed by atoms with Crippen LogP contribution in [-0.2, 0) is 0 Å². The highest BCUT2D eigenvalue weighted by Crippen LogP contribution is 2.26. The summed E-state index contributed by atoms with van der Waals surface area (Å²) in [5.41, 5.74) is 1.78. The Balaban J connectivity index is 1.79. The van der Waals surface area contributed by atoms with Crippen LogP contribution in [0.15, 0.2) is 59.2 Å². The maximum Gasteiger partial charge on any atom is 0.256 e. The van der Waals surface area contributed by atoms with Crippen molar-refractivity contribution < 1.29 is 14.2 Å². The summed E-state index contributed by atoms with van der Waals surface area (Å²) in [7, 11) is 0. The summed E-state index contributed by atoms with van der Waals surface area (Å²) in [6, 6.07) is 16.3. The summed E-state index contributed by atoms with van der Waals surface area (Å²) in [4.78, 5) is 12.2. The second kappa shape index (κ2) is 6.95. The third-order valence-electron chi connectivity index (χ3n) is 3.26. The molecule has 0 unspecified atom stereocenters. The molecule has 24 heavy (non-hydrogen) atoms. The monoisotopic (exact) mass is 323 g/mol. The van der Waals surface area contributed by atoms with Crippen molar-refractivity contribution in [2.24, 2.45) is 0 Å². The fraction of sp³-hybridized carbons (Fsp3) is 0.167. The second-order valence-electron chi connectivity index (χ2n) is 5.47. The van der Waals surface area contributed by atoms with Crippen LogP contribution in [0.1, 0.15) is 24.2 Å². The SMILES string of the molecule is CC(C)Oc1ccc(-c2nonc2NC(=O)c2ccccc2)cc1. The third-order valence-corrected chi connectivity index (χ3v) is 3.26. The second-order valence-corrected chi connectivity index (χ2v) is 5.47. The molecule has 2 aromatic carbocycles. The largest absolute Gasteiger partial charge is 0.491 e. The van der Waals surface area contributed by atoms with Gasteiger partial charge in [-0.2, -0.15) is 0 Å². The van der Waals surface area contributed by atoms with Crippen LogP contribution in [0.2, 0.25) is 0 Å². The van der Waals surface area contributed by atoms with E-state index in [1.165, 1.54) is 0 Å². The standard InChI is InChI=1S/C18H17N3O3/c1-12(2)23-15-10-8-13(9-11-15)16-17(21-24-20-16)19-18(22)14-6-4-3-5-7-14/h3-12H,1-2H3,(H,19,21,22). The van der Waals surface area contributed by atoms with Crippen molar-refractivity contribution in [3.8, 4) is 17.0 Å².